The number of para-hydroxylation sites is 1. The van der Waals surface area contributed by atoms with Crippen molar-refractivity contribution in [1.29, 1.82) is 0 Å². The van der Waals surface area contributed by atoms with Gasteiger partial charge in [0, 0.05) is 31.7 Å². The van der Waals surface area contributed by atoms with Gasteiger partial charge in [-0.2, -0.15) is 8.78 Å². The Morgan fingerprint density at radius 3 is 2.72 bits per heavy atom. The number of fused-ring (bicyclic) bond motifs is 1. The molecule has 2 aliphatic heterocycles. The molecule has 0 saturated carbocycles. The molecular formula is C19H27F2IN4O3. The number of ether oxygens (including phenoxy) is 2. The summed E-state index contributed by atoms with van der Waals surface area (Å²) in [4.78, 5) is 20.6. The minimum atomic E-state index is -2.87. The highest BCUT2D eigenvalue weighted by Crippen LogP contribution is 2.22. The molecule has 1 atom stereocenters. The van der Waals surface area contributed by atoms with E-state index in [0.717, 1.165) is 0 Å². The van der Waals surface area contributed by atoms with E-state index in [1.54, 1.807) is 23.1 Å². The van der Waals surface area contributed by atoms with Gasteiger partial charge in [-0.25, -0.2) is 4.79 Å². The number of piperazine rings is 1. The highest BCUT2D eigenvalue weighted by molar-refractivity contribution is 14.0. The number of rotatable bonds is 4. The van der Waals surface area contributed by atoms with Crippen LogP contribution in [0.15, 0.2) is 29.3 Å². The molecular weight excluding hydrogens is 497 g/mol. The zero-order valence-electron chi connectivity index (χ0n) is 16.7. The first-order valence-electron chi connectivity index (χ1n) is 9.28. The maximum absolute atomic E-state index is 12.6. The third kappa shape index (κ3) is 6.31. The van der Waals surface area contributed by atoms with Crippen LogP contribution >= 0.6 is 24.0 Å². The van der Waals surface area contributed by atoms with Crippen molar-refractivity contribution in [2.75, 3.05) is 26.2 Å². The van der Waals surface area contributed by atoms with Gasteiger partial charge < -0.3 is 24.6 Å². The van der Waals surface area contributed by atoms with Crippen LogP contribution in [0.1, 0.15) is 26.3 Å². The molecule has 1 saturated heterocycles. The Morgan fingerprint density at radius 1 is 1.31 bits per heavy atom. The van der Waals surface area contributed by atoms with Gasteiger partial charge in [0.1, 0.15) is 11.4 Å². The lowest BCUT2D eigenvalue weighted by molar-refractivity contribution is -0.0504. The fourth-order valence-corrected chi connectivity index (χ4v) is 3.26. The van der Waals surface area contributed by atoms with E-state index in [1.807, 2.05) is 20.8 Å². The number of halogens is 3. The smallest absolute Gasteiger partial charge is 0.410 e. The Labute approximate surface area is 186 Å². The Morgan fingerprint density at radius 2 is 2.03 bits per heavy atom. The number of amides is 1. The second kappa shape index (κ2) is 9.77. The topological polar surface area (TPSA) is 66.4 Å². The summed E-state index contributed by atoms with van der Waals surface area (Å²) < 4.78 is 35.1. The number of benzene rings is 1. The number of alkyl halides is 2. The van der Waals surface area contributed by atoms with E-state index in [4.69, 9.17) is 4.74 Å². The van der Waals surface area contributed by atoms with E-state index >= 15 is 0 Å². The van der Waals surface area contributed by atoms with E-state index in [-0.39, 0.29) is 41.9 Å². The molecule has 7 nitrogen and oxygen atoms in total. The second-order valence-corrected chi connectivity index (χ2v) is 7.78. The maximum Gasteiger partial charge on any atom is 0.410 e. The standard InChI is InChI=1S/C19H26F2N4O3.HI/c1-19(2,3)28-18(26)24-8-9-25-14(12-24)11-23-17(25)22-10-13-6-4-5-7-15(13)27-16(20)21;/h4-7,14,16H,8-12H2,1-3H3,(H,22,23);1H. The van der Waals surface area contributed by atoms with Crippen molar-refractivity contribution < 1.29 is 23.0 Å². The number of aliphatic imine (C=N–C) groups is 1. The number of hydrogen-bond donors (Lipinski definition) is 1. The number of guanidine groups is 1. The van der Waals surface area contributed by atoms with Crippen LogP contribution in [0.4, 0.5) is 13.6 Å². The molecule has 0 aromatic heterocycles. The summed E-state index contributed by atoms with van der Waals surface area (Å²) in [7, 11) is 0. The minimum Gasteiger partial charge on any atom is -0.444 e. The summed E-state index contributed by atoms with van der Waals surface area (Å²) in [6.45, 7) is 5.26. The van der Waals surface area contributed by atoms with Crippen LogP contribution in [0.2, 0.25) is 0 Å². The van der Waals surface area contributed by atoms with Crippen LogP contribution in [-0.4, -0.2) is 66.3 Å². The lowest BCUT2D eigenvalue weighted by Crippen LogP contribution is -2.57. The van der Waals surface area contributed by atoms with Crippen LogP contribution in [0.3, 0.4) is 0 Å². The summed E-state index contributed by atoms with van der Waals surface area (Å²) in [6, 6.07) is 6.76. The monoisotopic (exact) mass is 524 g/mol. The average Bonchev–Trinajstić information content (AvgIpc) is 3.01. The van der Waals surface area contributed by atoms with Crippen LogP contribution in [0.25, 0.3) is 0 Å². The van der Waals surface area contributed by atoms with E-state index in [0.29, 0.717) is 44.2 Å². The summed E-state index contributed by atoms with van der Waals surface area (Å²) >= 11 is 0. The minimum absolute atomic E-state index is 0. The molecule has 162 valence electrons. The molecule has 1 unspecified atom stereocenters. The number of carbonyl (C=O) groups excluding carboxylic acids is 1. The highest BCUT2D eigenvalue weighted by Gasteiger charge is 2.36. The van der Waals surface area contributed by atoms with Crippen molar-refractivity contribution in [3.63, 3.8) is 0 Å². The molecule has 0 bridgehead atoms. The normalized spacial score (nSPS) is 18.7. The van der Waals surface area contributed by atoms with Gasteiger partial charge in [-0.1, -0.05) is 18.2 Å². The second-order valence-electron chi connectivity index (χ2n) is 7.78. The number of carbonyl (C=O) groups is 1. The Hall–Kier alpha value is -1.85. The van der Waals surface area contributed by atoms with Crippen molar-refractivity contribution in [2.24, 2.45) is 4.99 Å². The quantitative estimate of drug-likeness (QED) is 0.613. The van der Waals surface area contributed by atoms with Crippen LogP contribution in [-0.2, 0) is 11.3 Å². The fourth-order valence-electron chi connectivity index (χ4n) is 3.26. The first-order chi connectivity index (χ1) is 13.2. The summed E-state index contributed by atoms with van der Waals surface area (Å²) in [6.07, 6.45) is -0.313. The summed E-state index contributed by atoms with van der Waals surface area (Å²) in [5.41, 5.74) is 0.0993. The molecule has 0 spiro atoms. The van der Waals surface area contributed by atoms with E-state index in [1.165, 1.54) is 6.07 Å². The van der Waals surface area contributed by atoms with Gasteiger partial charge in [-0.15, -0.1) is 24.0 Å². The Kier molecular flexibility index (Phi) is 7.89. The van der Waals surface area contributed by atoms with E-state index < -0.39 is 12.2 Å². The van der Waals surface area contributed by atoms with Gasteiger partial charge in [0.15, 0.2) is 5.96 Å². The predicted molar refractivity (Wildman–Crippen MR) is 116 cm³/mol. The van der Waals surface area contributed by atoms with Gasteiger partial charge in [0.05, 0.1) is 12.6 Å². The van der Waals surface area contributed by atoms with Crippen molar-refractivity contribution in [3.05, 3.63) is 29.8 Å². The van der Waals surface area contributed by atoms with Gasteiger partial charge in [-0.05, 0) is 26.8 Å². The molecule has 1 aromatic rings. The molecule has 1 N–H and O–H groups in total. The zero-order chi connectivity index (χ0) is 20.3. The molecule has 1 amide bonds. The van der Waals surface area contributed by atoms with Crippen LogP contribution in [0, 0.1) is 0 Å². The third-order valence-corrected chi connectivity index (χ3v) is 4.48. The van der Waals surface area contributed by atoms with Crippen molar-refractivity contribution >= 4 is 36.0 Å². The third-order valence-electron chi connectivity index (χ3n) is 4.48. The van der Waals surface area contributed by atoms with Gasteiger partial charge >= 0.3 is 12.7 Å². The Bertz CT molecular complexity index is 742. The van der Waals surface area contributed by atoms with Gasteiger partial charge in [0.25, 0.3) is 0 Å². The fraction of sp³-hybridized carbons (Fsp3) is 0.579. The molecule has 0 aliphatic carbocycles. The molecule has 1 fully saturated rings. The largest absolute Gasteiger partial charge is 0.444 e. The van der Waals surface area contributed by atoms with Gasteiger partial charge in [-0.3, -0.25) is 4.99 Å². The lowest BCUT2D eigenvalue weighted by atomic mass is 10.2. The highest BCUT2D eigenvalue weighted by atomic mass is 127. The SMILES string of the molecule is CC(C)(C)OC(=O)N1CCN2C(NCc3ccccc3OC(F)F)=NCC2C1.I. The predicted octanol–water partition coefficient (Wildman–Crippen LogP) is 3.29. The van der Waals surface area contributed by atoms with Crippen LogP contribution < -0.4 is 10.1 Å². The molecule has 2 heterocycles. The molecule has 10 heteroatoms. The number of hydrogen-bond acceptors (Lipinski definition) is 6. The first-order valence-corrected chi connectivity index (χ1v) is 9.28. The first kappa shape index (κ1) is 23.4. The van der Waals surface area contributed by atoms with Crippen LogP contribution in [0.5, 0.6) is 5.75 Å². The average molecular weight is 524 g/mol. The van der Waals surface area contributed by atoms with E-state index in [2.05, 4.69) is 19.9 Å². The molecule has 0 radical (unpaired) electrons. The van der Waals surface area contributed by atoms with Crippen molar-refractivity contribution in [2.45, 2.75) is 45.6 Å². The lowest BCUT2D eigenvalue weighted by Gasteiger charge is -2.39. The van der Waals surface area contributed by atoms with Crippen molar-refractivity contribution in [3.8, 4) is 5.75 Å². The molecule has 29 heavy (non-hydrogen) atoms. The number of nitrogens with one attached hydrogen (secondary N) is 1. The zero-order valence-corrected chi connectivity index (χ0v) is 19.1. The molecule has 3 rings (SSSR count). The maximum atomic E-state index is 12.6. The molecule has 2 aliphatic rings. The van der Waals surface area contributed by atoms with E-state index in [9.17, 15) is 13.6 Å². The summed E-state index contributed by atoms with van der Waals surface area (Å²) in [5.74, 6) is 0.857. The van der Waals surface area contributed by atoms with Crippen molar-refractivity contribution in [1.82, 2.24) is 15.1 Å². The summed E-state index contributed by atoms with van der Waals surface area (Å²) in [5, 5.41) is 3.21. The number of nitrogens with zero attached hydrogens (tertiary/aromatic N) is 3. The van der Waals surface area contributed by atoms with Gasteiger partial charge in [0.2, 0.25) is 0 Å². The Balaban J connectivity index is 0.00000300. The molecule has 1 aromatic carbocycles.